The quantitative estimate of drug-likeness (QED) is 0.822. The fourth-order valence-corrected chi connectivity index (χ4v) is 4.20. The van der Waals surface area contributed by atoms with Crippen molar-refractivity contribution in [1.82, 2.24) is 15.3 Å². The van der Waals surface area contributed by atoms with Crippen molar-refractivity contribution in [3.8, 4) is 11.5 Å². The van der Waals surface area contributed by atoms with E-state index in [9.17, 15) is 9.50 Å². The molecule has 2 aliphatic heterocycles. The van der Waals surface area contributed by atoms with Crippen LogP contribution < -0.4 is 15.0 Å². The monoisotopic (exact) mass is 386 g/mol. The largest absolute Gasteiger partial charge is 0.451 e. The van der Waals surface area contributed by atoms with Crippen LogP contribution in [-0.4, -0.2) is 41.3 Å². The molecule has 1 aromatic heterocycles. The number of hydrogen-bond acceptors (Lipinski definition) is 6. The number of nitrogens with zero attached hydrogens (tertiary/aromatic N) is 3. The average molecular weight is 386 g/mol. The topological polar surface area (TPSA) is 70.5 Å². The van der Waals surface area contributed by atoms with E-state index in [1.54, 1.807) is 19.2 Å². The number of ether oxygens (including phenoxy) is 1. The van der Waals surface area contributed by atoms with E-state index in [2.05, 4.69) is 20.2 Å². The zero-order valence-corrected chi connectivity index (χ0v) is 16.4. The van der Waals surface area contributed by atoms with Crippen molar-refractivity contribution in [2.75, 3.05) is 31.1 Å². The highest BCUT2D eigenvalue weighted by Gasteiger charge is 2.41. The summed E-state index contributed by atoms with van der Waals surface area (Å²) in [6.45, 7) is 7.45. The Hall–Kier alpha value is -2.25. The van der Waals surface area contributed by atoms with Gasteiger partial charge in [-0.2, -0.15) is 0 Å². The van der Waals surface area contributed by atoms with Gasteiger partial charge in [0.25, 0.3) is 0 Å². The van der Waals surface area contributed by atoms with E-state index in [0.29, 0.717) is 28.9 Å². The molecule has 0 amide bonds. The van der Waals surface area contributed by atoms with E-state index in [0.717, 1.165) is 38.4 Å². The molecular formula is C21H27FN4O2. The molecule has 6 nitrogen and oxygen atoms in total. The lowest BCUT2D eigenvalue weighted by atomic mass is 9.87. The Kier molecular flexibility index (Phi) is 4.97. The van der Waals surface area contributed by atoms with Gasteiger partial charge in [0.15, 0.2) is 11.6 Å². The first-order chi connectivity index (χ1) is 13.4. The minimum Gasteiger partial charge on any atom is -0.451 e. The summed E-state index contributed by atoms with van der Waals surface area (Å²) in [7, 11) is 0. The van der Waals surface area contributed by atoms with E-state index in [1.165, 1.54) is 24.9 Å². The molecule has 2 aromatic rings. The second-order valence-electron chi connectivity index (χ2n) is 8.18. The number of benzene rings is 1. The summed E-state index contributed by atoms with van der Waals surface area (Å²) in [5.74, 6) is 1.27. The molecule has 4 rings (SSSR count). The SMILES string of the molecule is CCC(C)(O)c1cc(F)ccc1Oc1cncnc1N1CCC2(CCNC2)C1. The van der Waals surface area contributed by atoms with Gasteiger partial charge in [0.1, 0.15) is 17.9 Å². The molecule has 2 atom stereocenters. The van der Waals surface area contributed by atoms with Crippen LogP contribution in [0.3, 0.4) is 0 Å². The van der Waals surface area contributed by atoms with Crippen LogP contribution in [0.15, 0.2) is 30.7 Å². The summed E-state index contributed by atoms with van der Waals surface area (Å²) in [6, 6.07) is 4.22. The lowest BCUT2D eigenvalue weighted by Crippen LogP contribution is -2.29. The van der Waals surface area contributed by atoms with E-state index in [-0.39, 0.29) is 0 Å². The van der Waals surface area contributed by atoms with Gasteiger partial charge >= 0.3 is 0 Å². The third-order valence-corrected chi connectivity index (χ3v) is 6.16. The fourth-order valence-electron chi connectivity index (χ4n) is 4.20. The first-order valence-electron chi connectivity index (χ1n) is 9.88. The summed E-state index contributed by atoms with van der Waals surface area (Å²) in [4.78, 5) is 10.8. The smallest absolute Gasteiger partial charge is 0.188 e. The summed E-state index contributed by atoms with van der Waals surface area (Å²) >= 11 is 0. The molecule has 1 spiro atoms. The Morgan fingerprint density at radius 2 is 2.21 bits per heavy atom. The Morgan fingerprint density at radius 1 is 1.36 bits per heavy atom. The van der Waals surface area contributed by atoms with E-state index in [4.69, 9.17) is 4.74 Å². The Labute approximate surface area is 164 Å². The van der Waals surface area contributed by atoms with Gasteiger partial charge in [-0.1, -0.05) is 6.92 Å². The minimum atomic E-state index is -1.19. The van der Waals surface area contributed by atoms with E-state index < -0.39 is 11.4 Å². The molecule has 2 saturated heterocycles. The summed E-state index contributed by atoms with van der Waals surface area (Å²) in [5, 5.41) is 14.2. The number of aromatic nitrogens is 2. The molecule has 0 aliphatic carbocycles. The molecule has 7 heteroatoms. The molecule has 0 radical (unpaired) electrons. The standard InChI is InChI=1S/C21H27FN4O2/c1-3-20(2,27)16-10-15(22)4-5-17(16)28-18-11-24-14-25-19(18)26-9-7-21(13-26)6-8-23-12-21/h4-5,10-11,14,23,27H,3,6-9,12-13H2,1-2H3. The van der Waals surface area contributed by atoms with Crippen molar-refractivity contribution in [1.29, 1.82) is 0 Å². The van der Waals surface area contributed by atoms with Crippen LogP contribution >= 0.6 is 0 Å². The van der Waals surface area contributed by atoms with Crippen molar-refractivity contribution >= 4 is 5.82 Å². The molecule has 0 saturated carbocycles. The van der Waals surface area contributed by atoms with Crippen LogP contribution in [0.2, 0.25) is 0 Å². The van der Waals surface area contributed by atoms with Gasteiger partial charge in [0.05, 0.1) is 11.8 Å². The van der Waals surface area contributed by atoms with Gasteiger partial charge in [0, 0.05) is 30.6 Å². The van der Waals surface area contributed by atoms with Gasteiger partial charge in [-0.25, -0.2) is 14.4 Å². The van der Waals surface area contributed by atoms with Crippen LogP contribution in [0.25, 0.3) is 0 Å². The normalized spacial score (nSPS) is 23.9. The maximum absolute atomic E-state index is 13.8. The molecule has 2 unspecified atom stereocenters. The molecule has 150 valence electrons. The molecule has 1 aromatic carbocycles. The molecule has 3 heterocycles. The second kappa shape index (κ2) is 7.29. The average Bonchev–Trinajstić information content (AvgIpc) is 3.33. The molecule has 2 N–H and O–H groups in total. The van der Waals surface area contributed by atoms with Gasteiger partial charge in [-0.05, 0) is 50.9 Å². The number of nitrogens with one attached hydrogen (secondary N) is 1. The van der Waals surface area contributed by atoms with Crippen molar-refractivity contribution < 1.29 is 14.2 Å². The third kappa shape index (κ3) is 3.56. The number of rotatable bonds is 5. The molecule has 2 fully saturated rings. The van der Waals surface area contributed by atoms with Crippen LogP contribution in [0.1, 0.15) is 38.7 Å². The van der Waals surface area contributed by atoms with E-state index in [1.807, 2.05) is 6.92 Å². The Bertz CT molecular complexity index is 852. The first kappa shape index (κ1) is 19.1. The van der Waals surface area contributed by atoms with Crippen LogP contribution in [0.5, 0.6) is 11.5 Å². The zero-order chi connectivity index (χ0) is 19.8. The molecule has 28 heavy (non-hydrogen) atoms. The summed E-state index contributed by atoms with van der Waals surface area (Å²) in [6.07, 6.45) is 5.89. The van der Waals surface area contributed by atoms with Crippen molar-refractivity contribution in [2.24, 2.45) is 5.41 Å². The van der Waals surface area contributed by atoms with E-state index >= 15 is 0 Å². The molecule has 0 bridgehead atoms. The van der Waals surface area contributed by atoms with Crippen molar-refractivity contribution in [2.45, 2.75) is 38.7 Å². The molecular weight excluding hydrogens is 359 g/mol. The van der Waals surface area contributed by atoms with Gasteiger partial charge in [-0.3, -0.25) is 0 Å². The summed E-state index contributed by atoms with van der Waals surface area (Å²) in [5.41, 5.74) is -0.474. The highest BCUT2D eigenvalue weighted by molar-refractivity contribution is 5.54. The van der Waals surface area contributed by atoms with Crippen LogP contribution in [-0.2, 0) is 5.60 Å². The van der Waals surface area contributed by atoms with Gasteiger partial charge in [-0.15, -0.1) is 0 Å². The number of aliphatic hydroxyl groups is 1. The maximum atomic E-state index is 13.8. The minimum absolute atomic E-state index is 0.301. The lowest BCUT2D eigenvalue weighted by molar-refractivity contribution is 0.0506. The first-order valence-corrected chi connectivity index (χ1v) is 9.88. The van der Waals surface area contributed by atoms with Crippen molar-refractivity contribution in [3.05, 3.63) is 42.1 Å². The zero-order valence-electron chi connectivity index (χ0n) is 16.4. The highest BCUT2D eigenvalue weighted by atomic mass is 19.1. The lowest BCUT2D eigenvalue weighted by Gasteiger charge is -2.26. The van der Waals surface area contributed by atoms with Gasteiger partial charge < -0.3 is 20.1 Å². The molecule has 2 aliphatic rings. The predicted molar refractivity (Wildman–Crippen MR) is 105 cm³/mol. The maximum Gasteiger partial charge on any atom is 0.188 e. The predicted octanol–water partition coefficient (Wildman–Crippen LogP) is 3.22. The summed E-state index contributed by atoms with van der Waals surface area (Å²) < 4.78 is 20.0. The van der Waals surface area contributed by atoms with Gasteiger partial charge in [0.2, 0.25) is 0 Å². The highest BCUT2D eigenvalue weighted by Crippen LogP contribution is 2.42. The number of halogens is 1. The van der Waals surface area contributed by atoms with Crippen LogP contribution in [0, 0.1) is 11.2 Å². The Morgan fingerprint density at radius 3 is 2.96 bits per heavy atom. The number of anilines is 1. The fraction of sp³-hybridized carbons (Fsp3) is 0.524. The Balaban J connectivity index is 1.64. The van der Waals surface area contributed by atoms with Crippen molar-refractivity contribution in [3.63, 3.8) is 0 Å². The van der Waals surface area contributed by atoms with Crippen LogP contribution in [0.4, 0.5) is 10.2 Å². The second-order valence-corrected chi connectivity index (χ2v) is 8.18. The third-order valence-electron chi connectivity index (χ3n) is 6.16. The number of hydrogen-bond donors (Lipinski definition) is 2.